The van der Waals surface area contributed by atoms with Gasteiger partial charge in [0.25, 0.3) is 0 Å². The first-order valence-electron chi connectivity index (χ1n) is 3.03. The molecule has 0 aromatic carbocycles. The molecule has 62 valence electrons. The van der Waals surface area contributed by atoms with Crippen LogP contribution in [0, 0.1) is 5.92 Å². The number of hydrogen-bond donors (Lipinski definition) is 0. The van der Waals surface area contributed by atoms with Gasteiger partial charge in [0.15, 0.2) is 0 Å². The third-order valence-corrected chi connectivity index (χ3v) is 2.72. The van der Waals surface area contributed by atoms with E-state index in [0.29, 0.717) is 4.31 Å². The molecule has 0 radical (unpaired) electrons. The molecule has 11 heavy (non-hydrogen) atoms. The van der Waals surface area contributed by atoms with Gasteiger partial charge < -0.3 is 0 Å². The number of nitrogens with zero attached hydrogens (tertiary/aromatic N) is 2. The van der Waals surface area contributed by atoms with Crippen LogP contribution in [0.25, 0.3) is 0 Å². The van der Waals surface area contributed by atoms with Gasteiger partial charge in [-0.15, -0.1) is 0 Å². The van der Waals surface area contributed by atoms with Crippen LogP contribution in [0.15, 0.2) is 4.40 Å². The quantitative estimate of drug-likeness (QED) is 0.495. The Morgan fingerprint density at radius 1 is 1.64 bits per heavy atom. The maximum absolute atomic E-state index is 11.0. The van der Waals surface area contributed by atoms with Gasteiger partial charge in [-0.1, -0.05) is 0 Å². The van der Waals surface area contributed by atoms with E-state index in [0.717, 1.165) is 6.21 Å². The van der Waals surface area contributed by atoms with Crippen molar-refractivity contribution < 1.29 is 13.2 Å². The second-order valence-corrected chi connectivity index (χ2v) is 3.98. The first kappa shape index (κ1) is 8.19. The monoisotopic (exact) mass is 176 g/mol. The molecule has 1 aliphatic heterocycles. The van der Waals surface area contributed by atoms with Gasteiger partial charge in [-0.25, -0.2) is 4.31 Å². The van der Waals surface area contributed by atoms with Crippen molar-refractivity contribution >= 4 is 22.3 Å². The number of hydrogen-bond acceptors (Lipinski definition) is 3. The van der Waals surface area contributed by atoms with Gasteiger partial charge in [-0.2, -0.15) is 12.8 Å². The number of amides is 1. The van der Waals surface area contributed by atoms with Crippen molar-refractivity contribution in [2.45, 2.75) is 6.92 Å². The largest absolute Gasteiger partial charge is 0.346 e. The van der Waals surface area contributed by atoms with Gasteiger partial charge in [-0.3, -0.25) is 4.79 Å². The van der Waals surface area contributed by atoms with Crippen LogP contribution >= 0.6 is 0 Å². The lowest BCUT2D eigenvalue weighted by atomic mass is 10.2. The van der Waals surface area contributed by atoms with Crippen molar-refractivity contribution in [2.75, 3.05) is 7.05 Å². The van der Waals surface area contributed by atoms with Crippen molar-refractivity contribution in [1.29, 1.82) is 0 Å². The van der Waals surface area contributed by atoms with E-state index >= 15 is 0 Å². The van der Waals surface area contributed by atoms with Crippen LogP contribution in [-0.4, -0.2) is 31.9 Å². The van der Waals surface area contributed by atoms with Gasteiger partial charge in [0.05, 0.1) is 5.92 Å². The molecule has 0 aromatic heterocycles. The molecule has 0 saturated heterocycles. The maximum atomic E-state index is 11.0. The summed E-state index contributed by atoms with van der Waals surface area (Å²) in [4.78, 5) is 11.0. The second kappa shape index (κ2) is 2.30. The molecule has 1 atom stereocenters. The lowest BCUT2D eigenvalue weighted by Crippen LogP contribution is -2.39. The second-order valence-electron chi connectivity index (χ2n) is 2.33. The molecule has 0 bridgehead atoms. The molecule has 0 N–H and O–H groups in total. The molecular formula is C5H8N2O3S. The van der Waals surface area contributed by atoms with E-state index < -0.39 is 22.0 Å². The Bertz CT molecular complexity index is 306. The molecule has 1 aliphatic rings. The van der Waals surface area contributed by atoms with Crippen LogP contribution < -0.4 is 0 Å². The molecular weight excluding hydrogens is 168 g/mol. The highest BCUT2D eigenvalue weighted by Crippen LogP contribution is 2.11. The van der Waals surface area contributed by atoms with E-state index in [9.17, 15) is 13.2 Å². The van der Waals surface area contributed by atoms with Crippen LogP contribution in [0.3, 0.4) is 0 Å². The standard InChI is InChI=1S/C5H8N2O3S/c1-4-3-6-11(9,10)7(2)5(4)8/h3-4H,1-2H3. The maximum Gasteiger partial charge on any atom is 0.346 e. The van der Waals surface area contributed by atoms with E-state index in [-0.39, 0.29) is 0 Å². The van der Waals surface area contributed by atoms with E-state index in [1.54, 1.807) is 6.92 Å². The Balaban J connectivity index is 3.15. The third-order valence-electron chi connectivity index (χ3n) is 1.46. The minimum atomic E-state index is -3.69. The predicted molar refractivity (Wildman–Crippen MR) is 39.3 cm³/mol. The van der Waals surface area contributed by atoms with Crippen molar-refractivity contribution in [3.63, 3.8) is 0 Å². The predicted octanol–water partition coefficient (Wildman–Crippen LogP) is -0.590. The van der Waals surface area contributed by atoms with Crippen molar-refractivity contribution in [2.24, 2.45) is 10.3 Å². The van der Waals surface area contributed by atoms with Gasteiger partial charge in [0.2, 0.25) is 5.91 Å². The highest BCUT2D eigenvalue weighted by atomic mass is 32.2. The average molecular weight is 176 g/mol. The summed E-state index contributed by atoms with van der Waals surface area (Å²) in [5.41, 5.74) is 0. The van der Waals surface area contributed by atoms with Gasteiger partial charge in [-0.05, 0) is 6.92 Å². The van der Waals surface area contributed by atoms with Gasteiger partial charge in [0, 0.05) is 13.3 Å². The first-order chi connectivity index (χ1) is 4.95. The molecule has 0 saturated carbocycles. The van der Waals surface area contributed by atoms with E-state index in [1.165, 1.54) is 7.05 Å². The SMILES string of the molecule is CC1C=NS(=O)(=O)N(C)C1=O. The Hall–Kier alpha value is -0.910. The van der Waals surface area contributed by atoms with Crippen molar-refractivity contribution in [3.05, 3.63) is 0 Å². The van der Waals surface area contributed by atoms with E-state index in [4.69, 9.17) is 0 Å². The third kappa shape index (κ3) is 1.25. The Morgan fingerprint density at radius 3 is 2.64 bits per heavy atom. The minimum Gasteiger partial charge on any atom is -0.273 e. The highest BCUT2D eigenvalue weighted by Gasteiger charge is 2.29. The summed E-state index contributed by atoms with van der Waals surface area (Å²) < 4.78 is 25.6. The summed E-state index contributed by atoms with van der Waals surface area (Å²) in [6.07, 6.45) is 1.14. The fourth-order valence-electron chi connectivity index (χ4n) is 0.703. The van der Waals surface area contributed by atoms with Crippen LogP contribution in [0.4, 0.5) is 0 Å². The molecule has 0 aromatic rings. The van der Waals surface area contributed by atoms with Crippen molar-refractivity contribution in [3.8, 4) is 0 Å². The lowest BCUT2D eigenvalue weighted by molar-refractivity contribution is -0.127. The first-order valence-corrected chi connectivity index (χ1v) is 4.43. The zero-order valence-electron chi connectivity index (χ0n) is 6.18. The number of rotatable bonds is 0. The van der Waals surface area contributed by atoms with Crippen LogP contribution in [0.1, 0.15) is 6.92 Å². The molecule has 6 heteroatoms. The summed E-state index contributed by atoms with van der Waals surface area (Å²) in [7, 11) is -2.49. The molecule has 1 rings (SSSR count). The topological polar surface area (TPSA) is 66.8 Å². The zero-order valence-corrected chi connectivity index (χ0v) is 7.00. The Morgan fingerprint density at radius 2 is 2.18 bits per heavy atom. The summed E-state index contributed by atoms with van der Waals surface area (Å²) in [5, 5.41) is 0. The van der Waals surface area contributed by atoms with Gasteiger partial charge in [0.1, 0.15) is 0 Å². The number of carbonyl (C=O) groups is 1. The normalized spacial score (nSPS) is 29.1. The summed E-state index contributed by atoms with van der Waals surface area (Å²) in [5.74, 6) is -0.886. The molecule has 1 unspecified atom stereocenters. The summed E-state index contributed by atoms with van der Waals surface area (Å²) in [6.45, 7) is 1.59. The van der Waals surface area contributed by atoms with Crippen LogP contribution in [0.2, 0.25) is 0 Å². The fourth-order valence-corrected chi connectivity index (χ4v) is 1.57. The summed E-state index contributed by atoms with van der Waals surface area (Å²) >= 11 is 0. The minimum absolute atomic E-state index is 0.441. The molecule has 1 amide bonds. The lowest BCUT2D eigenvalue weighted by Gasteiger charge is -2.20. The van der Waals surface area contributed by atoms with E-state index in [1.807, 2.05) is 0 Å². The van der Waals surface area contributed by atoms with Crippen LogP contribution in [-0.2, 0) is 15.0 Å². The Kier molecular flexibility index (Phi) is 1.71. The highest BCUT2D eigenvalue weighted by molar-refractivity contribution is 7.88. The number of carbonyl (C=O) groups excluding carboxylic acids is 1. The molecule has 0 spiro atoms. The average Bonchev–Trinajstić information content (AvgIpc) is 1.95. The van der Waals surface area contributed by atoms with Gasteiger partial charge >= 0.3 is 10.2 Å². The zero-order chi connectivity index (χ0) is 8.65. The van der Waals surface area contributed by atoms with Crippen molar-refractivity contribution in [1.82, 2.24) is 4.31 Å². The molecule has 5 nitrogen and oxygen atoms in total. The fraction of sp³-hybridized carbons (Fsp3) is 0.600. The Labute approximate surface area is 64.9 Å². The van der Waals surface area contributed by atoms with Crippen LogP contribution in [0.5, 0.6) is 0 Å². The van der Waals surface area contributed by atoms with E-state index in [2.05, 4.69) is 4.40 Å². The molecule has 0 aliphatic carbocycles. The molecule has 0 fully saturated rings. The smallest absolute Gasteiger partial charge is 0.273 e. The summed E-state index contributed by atoms with van der Waals surface area (Å²) in [6, 6.07) is 0. The molecule has 1 heterocycles.